The number of hydrogen-bond acceptors (Lipinski definition) is 5. The van der Waals surface area contributed by atoms with E-state index in [1.54, 1.807) is 31.4 Å². The van der Waals surface area contributed by atoms with Gasteiger partial charge in [0.05, 0.1) is 13.5 Å². The Kier molecular flexibility index (Phi) is 4.81. The molecular formula is C21H20ClN3O4. The average Bonchev–Trinajstić information content (AvgIpc) is 3.07. The smallest absolute Gasteiger partial charge is 0.255 e. The number of benzene rings is 2. The fourth-order valence-corrected chi connectivity index (χ4v) is 3.88. The van der Waals surface area contributed by atoms with Crippen LogP contribution in [0.5, 0.6) is 5.75 Å². The molecule has 0 unspecified atom stereocenters. The molecule has 0 aromatic heterocycles. The number of amides is 3. The van der Waals surface area contributed by atoms with E-state index in [1.165, 1.54) is 4.90 Å². The number of carbonyl (C=O) groups is 3. The summed E-state index contributed by atoms with van der Waals surface area (Å²) in [6.07, 6.45) is 0.00318. The standard InChI is InChI=1S/C21H20ClN3O4/c1-29-18-7-5-12(9-15(18)22)10-23-16-4-2-3-13-14(16)11-25(21(13)28)17-6-8-19(26)24-20(17)27/h2-5,7,9,17,23H,6,8,10-11H2,1H3,(H,24,26,27)/t17-/m1/s1/i17D. The minimum Gasteiger partial charge on any atom is -0.495 e. The number of nitrogens with one attached hydrogen (secondary N) is 2. The second-order valence-corrected chi connectivity index (χ2v) is 7.28. The van der Waals surface area contributed by atoms with Gasteiger partial charge in [-0.25, -0.2) is 0 Å². The number of nitrogens with zero attached hydrogens (tertiary/aromatic N) is 1. The number of carbonyl (C=O) groups excluding carboxylic acids is 3. The summed E-state index contributed by atoms with van der Waals surface area (Å²) < 4.78 is 13.7. The third kappa shape index (κ3) is 3.65. The molecule has 1 atom stereocenters. The molecule has 7 nitrogen and oxygen atoms in total. The van der Waals surface area contributed by atoms with Crippen LogP contribution in [0.3, 0.4) is 0 Å². The topological polar surface area (TPSA) is 87.7 Å². The molecular weight excluding hydrogens is 394 g/mol. The monoisotopic (exact) mass is 414 g/mol. The number of fused-ring (bicyclic) bond motifs is 1. The Labute approximate surface area is 174 Å². The minimum atomic E-state index is -1.80. The third-order valence-electron chi connectivity index (χ3n) is 5.10. The number of ether oxygens (including phenoxy) is 1. The van der Waals surface area contributed by atoms with Gasteiger partial charge in [-0.1, -0.05) is 23.7 Å². The van der Waals surface area contributed by atoms with Crippen molar-refractivity contribution in [2.75, 3.05) is 12.4 Å². The number of methoxy groups -OCH3 is 1. The van der Waals surface area contributed by atoms with Gasteiger partial charge in [-0.2, -0.15) is 0 Å². The van der Waals surface area contributed by atoms with Crippen molar-refractivity contribution in [2.24, 2.45) is 0 Å². The molecule has 2 aliphatic heterocycles. The van der Waals surface area contributed by atoms with E-state index in [-0.39, 0.29) is 25.3 Å². The highest BCUT2D eigenvalue weighted by atomic mass is 35.5. The van der Waals surface area contributed by atoms with Crippen molar-refractivity contribution in [1.29, 1.82) is 0 Å². The van der Waals surface area contributed by atoms with Gasteiger partial charge in [0.25, 0.3) is 5.91 Å². The summed E-state index contributed by atoms with van der Waals surface area (Å²) >= 11 is 6.18. The Morgan fingerprint density at radius 3 is 2.86 bits per heavy atom. The lowest BCUT2D eigenvalue weighted by Gasteiger charge is -2.29. The van der Waals surface area contributed by atoms with Crippen LogP contribution in [-0.2, 0) is 22.7 Å². The van der Waals surface area contributed by atoms with Crippen molar-refractivity contribution < 1.29 is 20.5 Å². The van der Waals surface area contributed by atoms with Crippen LogP contribution in [0.4, 0.5) is 5.69 Å². The number of hydrogen-bond donors (Lipinski definition) is 2. The van der Waals surface area contributed by atoms with Gasteiger partial charge in [0, 0.05) is 36.3 Å². The Bertz CT molecular complexity index is 1060. The number of piperidine rings is 1. The average molecular weight is 415 g/mol. The highest BCUT2D eigenvalue weighted by molar-refractivity contribution is 6.32. The summed E-state index contributed by atoms with van der Waals surface area (Å²) in [5, 5.41) is 5.98. The Hall–Kier alpha value is -3.06. The number of rotatable bonds is 5. The zero-order chi connectivity index (χ0) is 21.5. The minimum absolute atomic E-state index is 0.0233. The Morgan fingerprint density at radius 2 is 2.14 bits per heavy atom. The lowest BCUT2D eigenvalue weighted by Crippen LogP contribution is -2.52. The van der Waals surface area contributed by atoms with Gasteiger partial charge in [-0.05, 0) is 36.2 Å². The number of imide groups is 1. The van der Waals surface area contributed by atoms with E-state index in [1.807, 2.05) is 12.1 Å². The van der Waals surface area contributed by atoms with Crippen molar-refractivity contribution in [3.63, 3.8) is 0 Å². The predicted octanol–water partition coefficient (Wildman–Crippen LogP) is 2.72. The summed E-state index contributed by atoms with van der Waals surface area (Å²) in [5.74, 6) is -0.984. The number of halogens is 1. The molecule has 0 aliphatic carbocycles. The molecule has 29 heavy (non-hydrogen) atoms. The summed E-state index contributed by atoms with van der Waals surface area (Å²) in [6, 6.07) is 8.96. The van der Waals surface area contributed by atoms with Gasteiger partial charge in [0.1, 0.15) is 11.8 Å². The molecule has 2 aromatic carbocycles. The summed E-state index contributed by atoms with van der Waals surface area (Å²) in [6.45, 7) is 0.585. The van der Waals surface area contributed by atoms with Crippen LogP contribution in [0, 0.1) is 0 Å². The fourth-order valence-electron chi connectivity index (χ4n) is 3.60. The van der Waals surface area contributed by atoms with Gasteiger partial charge in [-0.15, -0.1) is 0 Å². The molecule has 4 rings (SSSR count). The third-order valence-corrected chi connectivity index (χ3v) is 5.39. The predicted molar refractivity (Wildman–Crippen MR) is 108 cm³/mol. The molecule has 2 heterocycles. The summed E-state index contributed by atoms with van der Waals surface area (Å²) in [7, 11) is 1.55. The first kappa shape index (κ1) is 18.0. The molecule has 8 heteroatoms. The van der Waals surface area contributed by atoms with Gasteiger partial charge in [-0.3, -0.25) is 19.7 Å². The van der Waals surface area contributed by atoms with Crippen LogP contribution in [0.2, 0.25) is 5.02 Å². The van der Waals surface area contributed by atoms with Crippen molar-refractivity contribution in [2.45, 2.75) is 31.9 Å². The molecule has 3 amide bonds. The molecule has 0 radical (unpaired) electrons. The molecule has 150 valence electrons. The first-order chi connectivity index (χ1) is 14.3. The molecule has 2 aromatic rings. The molecule has 0 spiro atoms. The zero-order valence-corrected chi connectivity index (χ0v) is 16.5. The molecule has 2 aliphatic rings. The van der Waals surface area contributed by atoms with Crippen LogP contribution in [0.25, 0.3) is 0 Å². The van der Waals surface area contributed by atoms with Gasteiger partial charge in [0.15, 0.2) is 0 Å². The highest BCUT2D eigenvalue weighted by Crippen LogP contribution is 2.33. The molecule has 1 fully saturated rings. The molecule has 0 saturated carbocycles. The van der Waals surface area contributed by atoms with E-state index in [2.05, 4.69) is 10.6 Å². The quantitative estimate of drug-likeness (QED) is 0.734. The summed E-state index contributed by atoms with van der Waals surface area (Å²) in [4.78, 5) is 38.0. The molecule has 2 N–H and O–H groups in total. The van der Waals surface area contributed by atoms with E-state index in [0.29, 0.717) is 22.9 Å². The van der Waals surface area contributed by atoms with E-state index in [9.17, 15) is 14.4 Å². The van der Waals surface area contributed by atoms with Crippen LogP contribution >= 0.6 is 11.6 Å². The summed E-state index contributed by atoms with van der Waals surface area (Å²) in [5.41, 5.74) is 2.84. The van der Waals surface area contributed by atoms with Crippen LogP contribution in [0.1, 0.15) is 35.7 Å². The maximum absolute atomic E-state index is 13.0. The normalized spacial score (nSPS) is 21.5. The Morgan fingerprint density at radius 1 is 1.31 bits per heavy atom. The maximum atomic E-state index is 13.0. The zero-order valence-electron chi connectivity index (χ0n) is 16.8. The first-order valence-corrected chi connectivity index (χ1v) is 9.55. The lowest BCUT2D eigenvalue weighted by atomic mass is 10.0. The van der Waals surface area contributed by atoms with Gasteiger partial charge in [0.2, 0.25) is 11.8 Å². The van der Waals surface area contributed by atoms with Gasteiger partial charge >= 0.3 is 0 Å². The van der Waals surface area contributed by atoms with Crippen molar-refractivity contribution in [3.05, 3.63) is 58.1 Å². The SMILES string of the molecule is [2H][C@@]1(N2Cc3c(NCc4ccc(OC)c(Cl)c4)cccc3C2=O)CCC(=O)NC1=O. The molecule has 1 saturated heterocycles. The second kappa shape index (κ2) is 7.75. The number of anilines is 1. The highest BCUT2D eigenvalue weighted by Gasteiger charge is 2.39. The Balaban J connectivity index is 1.55. The fraction of sp³-hybridized carbons (Fsp3) is 0.286. The van der Waals surface area contributed by atoms with E-state index >= 15 is 0 Å². The first-order valence-electron chi connectivity index (χ1n) is 9.68. The van der Waals surface area contributed by atoms with Crippen LogP contribution in [-0.4, -0.2) is 35.7 Å². The maximum Gasteiger partial charge on any atom is 0.255 e. The van der Waals surface area contributed by atoms with E-state index < -0.39 is 17.8 Å². The van der Waals surface area contributed by atoms with Gasteiger partial charge < -0.3 is 15.0 Å². The second-order valence-electron chi connectivity index (χ2n) is 6.87. The molecule has 0 bridgehead atoms. The van der Waals surface area contributed by atoms with Crippen LogP contribution in [0.15, 0.2) is 36.4 Å². The van der Waals surface area contributed by atoms with E-state index in [0.717, 1.165) is 16.8 Å². The van der Waals surface area contributed by atoms with Crippen molar-refractivity contribution >= 4 is 35.0 Å². The van der Waals surface area contributed by atoms with Crippen LogP contribution < -0.4 is 15.4 Å². The largest absolute Gasteiger partial charge is 0.495 e. The van der Waals surface area contributed by atoms with Crippen molar-refractivity contribution in [3.8, 4) is 5.75 Å². The lowest BCUT2D eigenvalue weighted by molar-refractivity contribution is -0.136. The van der Waals surface area contributed by atoms with Crippen molar-refractivity contribution in [1.82, 2.24) is 10.2 Å². The van der Waals surface area contributed by atoms with E-state index in [4.69, 9.17) is 17.7 Å².